The fourth-order valence-electron chi connectivity index (χ4n) is 1.57. The Morgan fingerprint density at radius 3 is 2.41 bits per heavy atom. The minimum Gasteiger partial charge on any atom is -0.480 e. The van der Waals surface area contributed by atoms with Crippen LogP contribution in [0.4, 0.5) is 0 Å². The van der Waals surface area contributed by atoms with Crippen LogP contribution in [0.3, 0.4) is 0 Å². The van der Waals surface area contributed by atoms with E-state index in [0.717, 1.165) is 5.56 Å². The zero-order valence-electron chi connectivity index (χ0n) is 9.95. The minimum atomic E-state index is -0.857. The molecule has 2 unspecified atom stereocenters. The van der Waals surface area contributed by atoms with Gasteiger partial charge in [-0.15, -0.1) is 0 Å². The zero-order valence-corrected chi connectivity index (χ0v) is 11.5. The van der Waals surface area contributed by atoms with Crippen LogP contribution < -0.4 is 0 Å². The molecule has 0 aromatic heterocycles. The van der Waals surface area contributed by atoms with Crippen molar-refractivity contribution in [3.63, 3.8) is 0 Å². The number of hydrogen-bond donors (Lipinski definition) is 1. The fourth-order valence-corrected chi connectivity index (χ4v) is 2.14. The Morgan fingerprint density at radius 2 is 1.94 bits per heavy atom. The van der Waals surface area contributed by atoms with Crippen LogP contribution in [0.15, 0.2) is 18.2 Å². The van der Waals surface area contributed by atoms with E-state index in [1.807, 2.05) is 13.0 Å². The van der Waals surface area contributed by atoms with Crippen LogP contribution in [-0.2, 0) is 4.79 Å². The van der Waals surface area contributed by atoms with Gasteiger partial charge >= 0.3 is 5.97 Å². The van der Waals surface area contributed by atoms with Crippen molar-refractivity contribution in [3.05, 3.63) is 33.8 Å². The van der Waals surface area contributed by atoms with Crippen LogP contribution >= 0.6 is 23.2 Å². The number of likely N-dealkylation sites (N-methyl/N-ethyl adjacent to an activating group) is 1. The monoisotopic (exact) mass is 275 g/mol. The predicted molar refractivity (Wildman–Crippen MR) is 69.7 cm³/mol. The molecule has 0 aliphatic heterocycles. The molecule has 0 radical (unpaired) electrons. The molecule has 1 N–H and O–H groups in total. The van der Waals surface area contributed by atoms with E-state index in [2.05, 4.69) is 0 Å². The first-order chi connectivity index (χ1) is 7.84. The molecule has 17 heavy (non-hydrogen) atoms. The summed E-state index contributed by atoms with van der Waals surface area (Å²) in [5, 5.41) is 10.1. The van der Waals surface area contributed by atoms with Crippen molar-refractivity contribution in [1.82, 2.24) is 4.90 Å². The third-order valence-electron chi connectivity index (χ3n) is 2.99. The lowest BCUT2D eigenvalue weighted by molar-refractivity contribution is -0.142. The zero-order chi connectivity index (χ0) is 13.2. The van der Waals surface area contributed by atoms with Crippen molar-refractivity contribution in [3.8, 4) is 0 Å². The van der Waals surface area contributed by atoms with Gasteiger partial charge < -0.3 is 5.11 Å². The highest BCUT2D eigenvalue weighted by Crippen LogP contribution is 2.29. The van der Waals surface area contributed by atoms with Gasteiger partial charge in [0.05, 0.1) is 0 Å². The van der Waals surface area contributed by atoms with Gasteiger partial charge in [-0.3, -0.25) is 9.69 Å². The Labute approximate surface area is 111 Å². The van der Waals surface area contributed by atoms with E-state index in [4.69, 9.17) is 28.3 Å². The van der Waals surface area contributed by atoms with Crippen molar-refractivity contribution in [2.24, 2.45) is 0 Å². The molecule has 0 bridgehead atoms. The molecule has 0 aliphatic rings. The van der Waals surface area contributed by atoms with Gasteiger partial charge in [0.2, 0.25) is 0 Å². The second-order valence-electron chi connectivity index (χ2n) is 4.02. The fraction of sp³-hybridized carbons (Fsp3) is 0.417. The lowest BCUT2D eigenvalue weighted by Gasteiger charge is -2.29. The maximum Gasteiger partial charge on any atom is 0.320 e. The summed E-state index contributed by atoms with van der Waals surface area (Å²) in [6.45, 7) is 3.55. The largest absolute Gasteiger partial charge is 0.480 e. The average molecular weight is 276 g/mol. The van der Waals surface area contributed by atoms with E-state index < -0.39 is 12.0 Å². The number of benzene rings is 1. The predicted octanol–water partition coefficient (Wildman–Crippen LogP) is 3.46. The molecule has 0 heterocycles. The molecule has 0 aliphatic carbocycles. The summed E-state index contributed by atoms with van der Waals surface area (Å²) in [5.41, 5.74) is 0.867. The summed E-state index contributed by atoms with van der Waals surface area (Å²) in [4.78, 5) is 12.7. The molecule has 2 atom stereocenters. The SMILES string of the molecule is CC(C(=O)O)N(C)C(C)c1ccc(Cl)cc1Cl. The normalized spacial score (nSPS) is 14.7. The molecule has 0 spiro atoms. The third-order valence-corrected chi connectivity index (χ3v) is 3.55. The molecule has 3 nitrogen and oxygen atoms in total. The Kier molecular flexibility index (Phi) is 4.80. The summed E-state index contributed by atoms with van der Waals surface area (Å²) < 4.78 is 0. The number of nitrogens with zero attached hydrogens (tertiary/aromatic N) is 1. The van der Waals surface area contributed by atoms with Gasteiger partial charge in [-0.1, -0.05) is 29.3 Å². The molecule has 1 aromatic rings. The molecule has 0 amide bonds. The Morgan fingerprint density at radius 1 is 1.35 bits per heavy atom. The second kappa shape index (κ2) is 5.71. The van der Waals surface area contributed by atoms with Crippen molar-refractivity contribution < 1.29 is 9.90 Å². The summed E-state index contributed by atoms with van der Waals surface area (Å²) in [6.07, 6.45) is 0. The first-order valence-electron chi connectivity index (χ1n) is 5.24. The Bertz CT molecular complexity index is 423. The summed E-state index contributed by atoms with van der Waals surface area (Å²) in [6, 6.07) is 4.57. The van der Waals surface area contributed by atoms with Gasteiger partial charge in [-0.2, -0.15) is 0 Å². The summed E-state index contributed by atoms with van der Waals surface area (Å²) in [7, 11) is 1.76. The molecular weight excluding hydrogens is 261 g/mol. The van der Waals surface area contributed by atoms with Crippen LogP contribution in [0, 0.1) is 0 Å². The van der Waals surface area contributed by atoms with E-state index in [0.29, 0.717) is 10.0 Å². The van der Waals surface area contributed by atoms with E-state index in [-0.39, 0.29) is 6.04 Å². The van der Waals surface area contributed by atoms with Gasteiger partial charge in [0.1, 0.15) is 6.04 Å². The topological polar surface area (TPSA) is 40.5 Å². The van der Waals surface area contributed by atoms with E-state index >= 15 is 0 Å². The van der Waals surface area contributed by atoms with Crippen LogP contribution in [0.2, 0.25) is 10.0 Å². The molecule has 94 valence electrons. The first kappa shape index (κ1) is 14.3. The number of hydrogen-bond acceptors (Lipinski definition) is 2. The van der Waals surface area contributed by atoms with Crippen LogP contribution in [0.5, 0.6) is 0 Å². The number of carbonyl (C=O) groups is 1. The number of carboxylic acids is 1. The maximum absolute atomic E-state index is 10.9. The highest BCUT2D eigenvalue weighted by molar-refractivity contribution is 6.35. The molecule has 0 saturated carbocycles. The molecule has 0 saturated heterocycles. The van der Waals surface area contributed by atoms with E-state index in [1.54, 1.807) is 31.0 Å². The summed E-state index contributed by atoms with van der Waals surface area (Å²) in [5.74, 6) is -0.857. The number of halogens is 2. The third kappa shape index (κ3) is 3.35. The average Bonchev–Trinajstić information content (AvgIpc) is 2.26. The number of rotatable bonds is 4. The summed E-state index contributed by atoms with van der Waals surface area (Å²) >= 11 is 11.9. The van der Waals surface area contributed by atoms with Gasteiger partial charge in [-0.25, -0.2) is 0 Å². The van der Waals surface area contributed by atoms with Gasteiger partial charge in [0.25, 0.3) is 0 Å². The van der Waals surface area contributed by atoms with Crippen molar-refractivity contribution in [2.45, 2.75) is 25.9 Å². The lowest BCUT2D eigenvalue weighted by Crippen LogP contribution is -2.37. The van der Waals surface area contributed by atoms with Gasteiger partial charge in [-0.05, 0) is 38.6 Å². The first-order valence-corrected chi connectivity index (χ1v) is 6.00. The highest BCUT2D eigenvalue weighted by atomic mass is 35.5. The molecular formula is C12H15Cl2NO2. The Hall–Kier alpha value is -0.770. The molecule has 1 rings (SSSR count). The van der Waals surface area contributed by atoms with Gasteiger partial charge in [0, 0.05) is 16.1 Å². The molecule has 1 aromatic carbocycles. The highest BCUT2D eigenvalue weighted by Gasteiger charge is 2.23. The van der Waals surface area contributed by atoms with E-state index in [1.165, 1.54) is 0 Å². The molecule has 5 heteroatoms. The standard InChI is InChI=1S/C12H15Cl2NO2/c1-7(15(3)8(2)12(16)17)10-5-4-9(13)6-11(10)14/h4-8H,1-3H3,(H,16,17). The minimum absolute atomic E-state index is 0.0918. The van der Waals surface area contributed by atoms with Crippen molar-refractivity contribution in [1.29, 1.82) is 0 Å². The van der Waals surface area contributed by atoms with Crippen molar-refractivity contribution >= 4 is 29.2 Å². The quantitative estimate of drug-likeness (QED) is 0.915. The number of carboxylic acid groups (broad SMARTS) is 1. The lowest BCUT2D eigenvalue weighted by atomic mass is 10.1. The van der Waals surface area contributed by atoms with Crippen LogP contribution in [-0.4, -0.2) is 29.1 Å². The van der Waals surface area contributed by atoms with Crippen LogP contribution in [0.1, 0.15) is 25.5 Å². The smallest absolute Gasteiger partial charge is 0.320 e. The van der Waals surface area contributed by atoms with E-state index in [9.17, 15) is 4.79 Å². The second-order valence-corrected chi connectivity index (χ2v) is 4.87. The van der Waals surface area contributed by atoms with Gasteiger partial charge in [0.15, 0.2) is 0 Å². The van der Waals surface area contributed by atoms with Crippen molar-refractivity contribution in [2.75, 3.05) is 7.05 Å². The molecule has 0 fully saturated rings. The maximum atomic E-state index is 10.9. The Balaban J connectivity index is 2.96. The number of aliphatic carboxylic acids is 1. The van der Waals surface area contributed by atoms with Crippen LogP contribution in [0.25, 0.3) is 0 Å².